The zero-order valence-electron chi connectivity index (χ0n) is 16.6. The molecule has 6 nitrogen and oxygen atoms in total. The number of anilines is 1. The van der Waals surface area contributed by atoms with E-state index >= 15 is 0 Å². The first-order valence-corrected chi connectivity index (χ1v) is 8.45. The molecule has 25 heavy (non-hydrogen) atoms. The van der Waals surface area contributed by atoms with E-state index < -0.39 is 11.7 Å². The van der Waals surface area contributed by atoms with Crippen LogP contribution in [0.4, 0.5) is 10.5 Å². The summed E-state index contributed by atoms with van der Waals surface area (Å²) in [5.41, 5.74) is 0.957. The van der Waals surface area contributed by atoms with Crippen molar-refractivity contribution in [3.8, 4) is 0 Å². The van der Waals surface area contributed by atoms with Gasteiger partial charge in [0.25, 0.3) is 0 Å². The molecular weight excluding hydrogens is 318 g/mol. The number of hydrogen-bond acceptors (Lipinski definition) is 4. The fraction of sp³-hybridized carbons (Fsp3) is 0.579. The van der Waals surface area contributed by atoms with Crippen LogP contribution in [0.1, 0.15) is 46.2 Å². The Bertz CT molecular complexity index is 589. The van der Waals surface area contributed by atoms with Gasteiger partial charge in [-0.1, -0.05) is 12.1 Å². The smallest absolute Gasteiger partial charge is 0.412 e. The second-order valence-corrected chi connectivity index (χ2v) is 7.64. The summed E-state index contributed by atoms with van der Waals surface area (Å²) >= 11 is 0. The number of ether oxygens (including phenoxy) is 1. The van der Waals surface area contributed by atoms with Crippen LogP contribution in [0, 0.1) is 0 Å². The lowest BCUT2D eigenvalue weighted by atomic mass is 10.0. The van der Waals surface area contributed by atoms with Crippen LogP contribution in [0.5, 0.6) is 0 Å². The molecule has 0 aromatic heterocycles. The molecule has 140 valence electrons. The van der Waals surface area contributed by atoms with Crippen molar-refractivity contribution in [2.24, 2.45) is 0 Å². The molecule has 0 bridgehead atoms. The first kappa shape index (κ1) is 21.0. The summed E-state index contributed by atoms with van der Waals surface area (Å²) < 4.78 is 5.24. The summed E-state index contributed by atoms with van der Waals surface area (Å²) in [5, 5.41) is 2.70. The molecule has 2 amide bonds. The van der Waals surface area contributed by atoms with Gasteiger partial charge in [-0.25, -0.2) is 4.79 Å². The fourth-order valence-corrected chi connectivity index (χ4v) is 2.26. The minimum absolute atomic E-state index is 0.0176. The Labute approximate surface area is 151 Å². The van der Waals surface area contributed by atoms with E-state index in [1.807, 2.05) is 58.7 Å². The van der Waals surface area contributed by atoms with Crippen LogP contribution in [0.3, 0.4) is 0 Å². The standard InChI is InChI=1S/C19H31N3O3/c1-13(2)22(8)16(17(23)21(6)7)14-9-11-15(12-10-14)20-18(24)25-19(3,4)5/h9-13,16H,1-8H3,(H,20,24). The van der Waals surface area contributed by atoms with Gasteiger partial charge >= 0.3 is 6.09 Å². The largest absolute Gasteiger partial charge is 0.444 e. The molecule has 0 saturated heterocycles. The van der Waals surface area contributed by atoms with Crippen molar-refractivity contribution in [2.75, 3.05) is 26.5 Å². The van der Waals surface area contributed by atoms with E-state index in [4.69, 9.17) is 4.74 Å². The molecule has 1 unspecified atom stereocenters. The van der Waals surface area contributed by atoms with Gasteiger partial charge < -0.3 is 9.64 Å². The third kappa shape index (κ3) is 6.38. The molecule has 0 fully saturated rings. The topological polar surface area (TPSA) is 61.9 Å². The molecule has 1 atom stereocenters. The maximum atomic E-state index is 12.6. The SMILES string of the molecule is CC(C)N(C)C(C(=O)N(C)C)c1ccc(NC(=O)OC(C)(C)C)cc1. The predicted octanol–water partition coefficient (Wildman–Crippen LogP) is 3.50. The molecule has 0 aliphatic carbocycles. The number of nitrogens with one attached hydrogen (secondary N) is 1. The van der Waals surface area contributed by atoms with Gasteiger partial charge in [0, 0.05) is 25.8 Å². The van der Waals surface area contributed by atoms with Gasteiger partial charge in [-0.3, -0.25) is 15.0 Å². The highest BCUT2D eigenvalue weighted by molar-refractivity contribution is 5.86. The summed E-state index contributed by atoms with van der Waals surface area (Å²) in [5.74, 6) is 0.0176. The molecule has 1 N–H and O–H groups in total. The summed E-state index contributed by atoms with van der Waals surface area (Å²) in [6.45, 7) is 9.54. The fourth-order valence-electron chi connectivity index (χ4n) is 2.26. The van der Waals surface area contributed by atoms with Gasteiger partial charge in [0.2, 0.25) is 5.91 Å². The van der Waals surface area contributed by atoms with Gasteiger partial charge in [0.1, 0.15) is 11.6 Å². The molecular formula is C19H31N3O3. The highest BCUT2D eigenvalue weighted by Crippen LogP contribution is 2.25. The number of carbonyl (C=O) groups is 2. The summed E-state index contributed by atoms with van der Waals surface area (Å²) in [6, 6.07) is 7.13. The maximum absolute atomic E-state index is 12.6. The third-order valence-corrected chi connectivity index (χ3v) is 3.77. The maximum Gasteiger partial charge on any atom is 0.412 e. The molecule has 0 aliphatic heterocycles. The van der Waals surface area contributed by atoms with Crippen LogP contribution in [0.15, 0.2) is 24.3 Å². The van der Waals surface area contributed by atoms with Crippen molar-refractivity contribution in [3.63, 3.8) is 0 Å². The predicted molar refractivity (Wildman–Crippen MR) is 101 cm³/mol. The second kappa shape index (κ2) is 8.34. The Balaban J connectivity index is 2.97. The Hall–Kier alpha value is -2.08. The monoisotopic (exact) mass is 349 g/mol. The highest BCUT2D eigenvalue weighted by atomic mass is 16.6. The van der Waals surface area contributed by atoms with Crippen LogP contribution >= 0.6 is 0 Å². The quantitative estimate of drug-likeness (QED) is 0.884. The average Bonchev–Trinajstić information content (AvgIpc) is 2.46. The van der Waals surface area contributed by atoms with Crippen LogP contribution in [0.25, 0.3) is 0 Å². The van der Waals surface area contributed by atoms with Crippen molar-refractivity contribution < 1.29 is 14.3 Å². The lowest BCUT2D eigenvalue weighted by Crippen LogP contribution is -2.41. The first-order chi connectivity index (χ1) is 11.4. The minimum atomic E-state index is -0.548. The number of rotatable bonds is 5. The van der Waals surface area contributed by atoms with E-state index in [9.17, 15) is 9.59 Å². The number of carbonyl (C=O) groups excluding carboxylic acids is 2. The molecule has 0 radical (unpaired) electrons. The van der Waals surface area contributed by atoms with E-state index in [0.29, 0.717) is 5.69 Å². The normalized spacial score (nSPS) is 12.9. The molecule has 0 aliphatic rings. The van der Waals surface area contributed by atoms with Crippen molar-refractivity contribution in [2.45, 2.75) is 52.3 Å². The van der Waals surface area contributed by atoms with E-state index in [0.717, 1.165) is 5.56 Å². The molecule has 0 saturated carbocycles. The average molecular weight is 349 g/mol. The van der Waals surface area contributed by atoms with Gasteiger partial charge in [-0.15, -0.1) is 0 Å². The third-order valence-electron chi connectivity index (χ3n) is 3.77. The number of benzene rings is 1. The zero-order valence-corrected chi connectivity index (χ0v) is 16.6. The molecule has 6 heteroatoms. The Morgan fingerprint density at radius 3 is 1.96 bits per heavy atom. The van der Waals surface area contributed by atoms with Crippen molar-refractivity contribution in [3.05, 3.63) is 29.8 Å². The van der Waals surface area contributed by atoms with Gasteiger partial charge in [-0.05, 0) is 59.4 Å². The Morgan fingerprint density at radius 2 is 1.56 bits per heavy atom. The van der Waals surface area contributed by atoms with Crippen molar-refractivity contribution >= 4 is 17.7 Å². The number of nitrogens with zero attached hydrogens (tertiary/aromatic N) is 2. The molecule has 0 heterocycles. The summed E-state index contributed by atoms with van der Waals surface area (Å²) in [4.78, 5) is 28.1. The van der Waals surface area contributed by atoms with E-state index in [1.165, 1.54) is 0 Å². The zero-order chi connectivity index (χ0) is 19.4. The summed E-state index contributed by atoms with van der Waals surface area (Å²) in [6.07, 6.45) is -0.500. The van der Waals surface area contributed by atoms with Gasteiger partial charge in [-0.2, -0.15) is 0 Å². The van der Waals surface area contributed by atoms with E-state index in [-0.39, 0.29) is 18.0 Å². The molecule has 0 spiro atoms. The van der Waals surface area contributed by atoms with E-state index in [2.05, 4.69) is 5.32 Å². The van der Waals surface area contributed by atoms with Gasteiger partial charge in [0.15, 0.2) is 0 Å². The molecule has 1 rings (SSSR count). The second-order valence-electron chi connectivity index (χ2n) is 7.64. The van der Waals surface area contributed by atoms with E-state index in [1.54, 1.807) is 31.1 Å². The molecule has 1 aromatic rings. The minimum Gasteiger partial charge on any atom is -0.444 e. The number of likely N-dealkylation sites (N-methyl/N-ethyl adjacent to an activating group) is 2. The number of hydrogen-bond donors (Lipinski definition) is 1. The van der Waals surface area contributed by atoms with Crippen LogP contribution in [0.2, 0.25) is 0 Å². The lowest BCUT2D eigenvalue weighted by molar-refractivity contribution is -0.134. The Kier molecular flexibility index (Phi) is 6.99. The van der Waals surface area contributed by atoms with Crippen molar-refractivity contribution in [1.29, 1.82) is 0 Å². The Morgan fingerprint density at radius 1 is 1.04 bits per heavy atom. The highest BCUT2D eigenvalue weighted by Gasteiger charge is 2.28. The van der Waals surface area contributed by atoms with Crippen LogP contribution in [-0.2, 0) is 9.53 Å². The summed E-state index contributed by atoms with van der Waals surface area (Å²) in [7, 11) is 5.44. The van der Waals surface area contributed by atoms with Crippen LogP contribution in [-0.4, -0.2) is 54.6 Å². The molecule has 1 aromatic carbocycles. The van der Waals surface area contributed by atoms with Crippen molar-refractivity contribution in [1.82, 2.24) is 9.80 Å². The lowest BCUT2D eigenvalue weighted by Gasteiger charge is -2.32. The van der Waals surface area contributed by atoms with Crippen LogP contribution < -0.4 is 5.32 Å². The first-order valence-electron chi connectivity index (χ1n) is 8.45. The number of amides is 2. The van der Waals surface area contributed by atoms with Gasteiger partial charge in [0.05, 0.1) is 0 Å².